The van der Waals surface area contributed by atoms with E-state index >= 15 is 0 Å². The number of aromatic nitrogens is 1. The minimum atomic E-state index is -0.206. The maximum Gasteiger partial charge on any atom is 0.322 e. The molecular weight excluding hydrogens is 244 g/mol. The van der Waals surface area contributed by atoms with Gasteiger partial charge in [0.2, 0.25) is 0 Å². The molecule has 90 valence electrons. The van der Waals surface area contributed by atoms with Crippen LogP contribution in [-0.4, -0.2) is 36.4 Å². The quantitative estimate of drug-likeness (QED) is 0.598. The Kier molecular flexibility index (Phi) is 6.44. The average Bonchev–Trinajstić information content (AvgIpc) is 2.80. The molecule has 1 aromatic rings. The summed E-state index contributed by atoms with van der Waals surface area (Å²) in [5, 5.41) is 5.06. The van der Waals surface area contributed by atoms with E-state index in [1.807, 2.05) is 12.3 Å². The van der Waals surface area contributed by atoms with Crippen molar-refractivity contribution in [1.29, 1.82) is 0 Å². The van der Waals surface area contributed by atoms with Gasteiger partial charge in [0.1, 0.15) is 10.4 Å². The summed E-state index contributed by atoms with van der Waals surface area (Å²) < 4.78 is 5.77. The number of nitrogens with one attached hydrogen (secondary N) is 1. The Morgan fingerprint density at radius 3 is 3.12 bits per heavy atom. The number of hydrogen-bond donors (Lipinski definition) is 1. The van der Waals surface area contributed by atoms with Crippen LogP contribution in [0.1, 0.15) is 13.3 Å². The molecule has 0 spiro atoms. The number of thioether (sulfide) groups is 1. The third-order valence-electron chi connectivity index (χ3n) is 1.98. The van der Waals surface area contributed by atoms with Crippen LogP contribution in [-0.2, 0) is 9.53 Å². The third-order valence-corrected chi connectivity index (χ3v) is 3.98. The summed E-state index contributed by atoms with van der Waals surface area (Å²) in [5.41, 5.74) is 0. The van der Waals surface area contributed by atoms with Crippen molar-refractivity contribution in [1.82, 2.24) is 10.3 Å². The average molecular weight is 260 g/mol. The molecule has 1 atom stereocenters. The zero-order valence-electron chi connectivity index (χ0n) is 9.43. The van der Waals surface area contributed by atoms with Crippen molar-refractivity contribution in [2.75, 3.05) is 19.4 Å². The molecule has 1 aromatic heterocycles. The van der Waals surface area contributed by atoms with Crippen molar-refractivity contribution in [2.24, 2.45) is 0 Å². The number of thiazole rings is 1. The van der Waals surface area contributed by atoms with E-state index in [4.69, 9.17) is 4.74 Å². The number of hydrogen-bond acceptors (Lipinski definition) is 6. The Hall–Kier alpha value is -0.590. The topological polar surface area (TPSA) is 51.2 Å². The van der Waals surface area contributed by atoms with E-state index in [0.717, 1.165) is 23.1 Å². The summed E-state index contributed by atoms with van der Waals surface area (Å²) in [6.45, 7) is 2.74. The molecule has 0 saturated carbocycles. The van der Waals surface area contributed by atoms with E-state index in [2.05, 4.69) is 10.3 Å². The molecule has 0 fully saturated rings. The summed E-state index contributed by atoms with van der Waals surface area (Å²) in [6, 6.07) is -0.206. The fourth-order valence-corrected chi connectivity index (χ4v) is 2.95. The Morgan fingerprint density at radius 2 is 2.56 bits per heavy atom. The van der Waals surface area contributed by atoms with E-state index in [9.17, 15) is 4.79 Å². The van der Waals surface area contributed by atoms with Gasteiger partial charge in [-0.2, -0.15) is 0 Å². The van der Waals surface area contributed by atoms with E-state index < -0.39 is 0 Å². The molecule has 16 heavy (non-hydrogen) atoms. The van der Waals surface area contributed by atoms with E-state index in [0.29, 0.717) is 0 Å². The molecule has 0 amide bonds. The Bertz CT molecular complexity index is 304. The lowest BCUT2D eigenvalue weighted by Crippen LogP contribution is -2.37. The van der Waals surface area contributed by atoms with E-state index in [1.165, 1.54) is 7.11 Å². The van der Waals surface area contributed by atoms with Crippen LogP contribution in [0.25, 0.3) is 0 Å². The molecule has 1 N–H and O–H groups in total. The second kappa shape index (κ2) is 7.65. The zero-order valence-corrected chi connectivity index (χ0v) is 11.1. The number of carbonyl (C=O) groups is 1. The first-order chi connectivity index (χ1) is 7.77. The lowest BCUT2D eigenvalue weighted by Gasteiger charge is -2.14. The first-order valence-corrected chi connectivity index (χ1v) is 6.98. The fourth-order valence-electron chi connectivity index (χ4n) is 1.24. The highest BCUT2D eigenvalue weighted by molar-refractivity contribution is 8.00. The smallest absolute Gasteiger partial charge is 0.322 e. The largest absolute Gasteiger partial charge is 0.468 e. The van der Waals surface area contributed by atoms with Crippen molar-refractivity contribution < 1.29 is 9.53 Å². The number of ether oxygens (including phenoxy) is 1. The standard InChI is InChI=1S/C10H16N2O2S2/c1-3-11-8(9(13)14-2)4-6-15-10-12-5-7-16-10/h5,7-8,11H,3-4,6H2,1-2H3. The van der Waals surface area contributed by atoms with Crippen LogP contribution in [0.5, 0.6) is 0 Å². The van der Waals surface area contributed by atoms with Crippen molar-refractivity contribution >= 4 is 29.1 Å². The lowest BCUT2D eigenvalue weighted by atomic mass is 10.2. The van der Waals surface area contributed by atoms with Crippen molar-refractivity contribution in [3.63, 3.8) is 0 Å². The summed E-state index contributed by atoms with van der Waals surface area (Å²) in [5.74, 6) is 0.668. The molecule has 1 rings (SSSR count). The fraction of sp³-hybridized carbons (Fsp3) is 0.600. The van der Waals surface area contributed by atoms with Crippen molar-refractivity contribution in [3.05, 3.63) is 11.6 Å². The molecule has 6 heteroatoms. The van der Waals surface area contributed by atoms with Crippen LogP contribution in [0.15, 0.2) is 15.9 Å². The van der Waals surface area contributed by atoms with Gasteiger partial charge >= 0.3 is 5.97 Å². The van der Waals surface area contributed by atoms with Gasteiger partial charge in [-0.15, -0.1) is 11.3 Å². The van der Waals surface area contributed by atoms with Crippen LogP contribution in [0.4, 0.5) is 0 Å². The zero-order chi connectivity index (χ0) is 11.8. The first kappa shape index (κ1) is 13.5. The summed E-state index contributed by atoms with van der Waals surface area (Å²) in [7, 11) is 1.42. The summed E-state index contributed by atoms with van der Waals surface area (Å²) in [6.07, 6.45) is 2.54. The molecule has 0 saturated heterocycles. The number of nitrogens with zero attached hydrogens (tertiary/aromatic N) is 1. The van der Waals surface area contributed by atoms with Gasteiger partial charge in [0.25, 0.3) is 0 Å². The molecule has 0 radical (unpaired) electrons. The molecule has 1 unspecified atom stereocenters. The molecule has 0 aliphatic heterocycles. The second-order valence-electron chi connectivity index (χ2n) is 3.07. The van der Waals surface area contributed by atoms with Crippen LogP contribution in [0, 0.1) is 0 Å². The molecule has 0 aliphatic carbocycles. The minimum Gasteiger partial charge on any atom is -0.468 e. The Morgan fingerprint density at radius 1 is 1.75 bits per heavy atom. The predicted octanol–water partition coefficient (Wildman–Crippen LogP) is 1.78. The van der Waals surface area contributed by atoms with Gasteiger partial charge < -0.3 is 10.1 Å². The monoisotopic (exact) mass is 260 g/mol. The first-order valence-electron chi connectivity index (χ1n) is 5.11. The van der Waals surface area contributed by atoms with E-state index in [-0.39, 0.29) is 12.0 Å². The summed E-state index contributed by atoms with van der Waals surface area (Å²) >= 11 is 3.29. The van der Waals surface area contributed by atoms with Crippen molar-refractivity contribution in [3.8, 4) is 0 Å². The summed E-state index contributed by atoms with van der Waals surface area (Å²) in [4.78, 5) is 15.6. The van der Waals surface area contributed by atoms with Gasteiger partial charge in [0.15, 0.2) is 0 Å². The molecule has 1 heterocycles. The van der Waals surface area contributed by atoms with Crippen molar-refractivity contribution in [2.45, 2.75) is 23.7 Å². The maximum atomic E-state index is 11.4. The molecule has 0 bridgehead atoms. The SMILES string of the molecule is CCNC(CCSc1nccs1)C(=O)OC. The highest BCUT2D eigenvalue weighted by Gasteiger charge is 2.17. The number of methoxy groups -OCH3 is 1. The lowest BCUT2D eigenvalue weighted by molar-refractivity contribution is -0.143. The van der Waals surface area contributed by atoms with Gasteiger partial charge in [-0.3, -0.25) is 4.79 Å². The van der Waals surface area contributed by atoms with Crippen LogP contribution in [0.2, 0.25) is 0 Å². The maximum absolute atomic E-state index is 11.4. The number of rotatable bonds is 7. The molecule has 0 aliphatic rings. The van der Waals surface area contributed by atoms with Crippen LogP contribution in [0.3, 0.4) is 0 Å². The van der Waals surface area contributed by atoms with Gasteiger partial charge in [0, 0.05) is 17.3 Å². The molecular formula is C10H16N2O2S2. The highest BCUT2D eigenvalue weighted by Crippen LogP contribution is 2.21. The van der Waals surface area contributed by atoms with Gasteiger partial charge in [-0.05, 0) is 13.0 Å². The normalized spacial score (nSPS) is 12.4. The Labute approximate surface area is 104 Å². The predicted molar refractivity (Wildman–Crippen MR) is 66.9 cm³/mol. The minimum absolute atomic E-state index is 0.193. The molecule has 4 nitrogen and oxygen atoms in total. The number of carbonyl (C=O) groups excluding carboxylic acids is 1. The number of likely N-dealkylation sites (N-methyl/N-ethyl adjacent to an activating group) is 1. The van der Waals surface area contributed by atoms with E-state index in [1.54, 1.807) is 29.3 Å². The van der Waals surface area contributed by atoms with Gasteiger partial charge in [0.05, 0.1) is 7.11 Å². The molecule has 0 aromatic carbocycles. The second-order valence-corrected chi connectivity index (χ2v) is 5.31. The highest BCUT2D eigenvalue weighted by atomic mass is 32.2. The van der Waals surface area contributed by atoms with Gasteiger partial charge in [-0.1, -0.05) is 18.7 Å². The number of esters is 1. The third kappa shape index (κ3) is 4.51. The van der Waals surface area contributed by atoms with Crippen LogP contribution < -0.4 is 5.32 Å². The van der Waals surface area contributed by atoms with Crippen LogP contribution >= 0.6 is 23.1 Å². The van der Waals surface area contributed by atoms with Gasteiger partial charge in [-0.25, -0.2) is 4.98 Å². The Balaban J connectivity index is 2.29.